The molecule has 0 radical (unpaired) electrons. The zero-order valence-electron chi connectivity index (χ0n) is 16.5. The summed E-state index contributed by atoms with van der Waals surface area (Å²) in [5.41, 5.74) is 2.72. The number of rotatable bonds is 4. The van der Waals surface area contributed by atoms with Crippen LogP contribution in [0.4, 0.5) is 5.82 Å². The van der Waals surface area contributed by atoms with Gasteiger partial charge in [-0.25, -0.2) is 14.6 Å². The predicted octanol–water partition coefficient (Wildman–Crippen LogP) is 0.539. The van der Waals surface area contributed by atoms with E-state index in [0.717, 1.165) is 38.5 Å². The minimum absolute atomic E-state index is 0.0253. The minimum Gasteiger partial charge on any atom is -0.353 e. The minimum atomic E-state index is 0.0253. The molecule has 0 unspecified atom stereocenters. The second-order valence-corrected chi connectivity index (χ2v) is 7.77. The SMILES string of the molecule is Cn1nnc2c(N3CC(C(=O)N4CCN(Cc5ccccc5)CC4)C3)ncnc21. The molecular weight excluding hydrogens is 368 g/mol. The van der Waals surface area contributed by atoms with Crippen LogP contribution in [0.5, 0.6) is 0 Å². The maximum Gasteiger partial charge on any atom is 0.229 e. The second-order valence-electron chi connectivity index (χ2n) is 7.77. The van der Waals surface area contributed by atoms with Crippen LogP contribution in [0.25, 0.3) is 11.2 Å². The number of nitrogens with zero attached hydrogens (tertiary/aromatic N) is 8. The van der Waals surface area contributed by atoms with Gasteiger partial charge in [0, 0.05) is 52.9 Å². The van der Waals surface area contributed by atoms with Crippen LogP contribution in [-0.4, -0.2) is 79.9 Å². The Hall–Kier alpha value is -3.07. The highest BCUT2D eigenvalue weighted by Gasteiger charge is 2.38. The molecule has 0 atom stereocenters. The van der Waals surface area contributed by atoms with Crippen LogP contribution >= 0.6 is 0 Å². The van der Waals surface area contributed by atoms with Gasteiger partial charge >= 0.3 is 0 Å². The summed E-state index contributed by atoms with van der Waals surface area (Å²) in [6, 6.07) is 10.5. The topological polar surface area (TPSA) is 83.3 Å². The van der Waals surface area contributed by atoms with Crippen LogP contribution in [-0.2, 0) is 18.4 Å². The molecule has 0 bridgehead atoms. The van der Waals surface area contributed by atoms with E-state index in [0.29, 0.717) is 24.3 Å². The Bertz CT molecular complexity index is 1010. The molecule has 0 aliphatic carbocycles. The lowest BCUT2D eigenvalue weighted by molar-refractivity contribution is -0.138. The van der Waals surface area contributed by atoms with Gasteiger partial charge in [-0.2, -0.15) is 0 Å². The van der Waals surface area contributed by atoms with Gasteiger partial charge in [0.1, 0.15) is 6.33 Å². The molecule has 9 heteroatoms. The Balaban J connectivity index is 1.15. The van der Waals surface area contributed by atoms with Gasteiger partial charge in [-0.3, -0.25) is 9.69 Å². The van der Waals surface area contributed by atoms with E-state index < -0.39 is 0 Å². The zero-order chi connectivity index (χ0) is 19.8. The molecule has 1 aromatic carbocycles. The lowest BCUT2D eigenvalue weighted by Gasteiger charge is -2.43. The average molecular weight is 392 g/mol. The monoisotopic (exact) mass is 392 g/mol. The molecule has 9 nitrogen and oxygen atoms in total. The maximum atomic E-state index is 12.9. The van der Waals surface area contributed by atoms with Crippen LogP contribution in [0.3, 0.4) is 0 Å². The Labute approximate surface area is 168 Å². The lowest BCUT2D eigenvalue weighted by Crippen LogP contribution is -2.58. The van der Waals surface area contributed by atoms with Crippen molar-refractivity contribution in [2.75, 3.05) is 44.2 Å². The van der Waals surface area contributed by atoms with Crippen LogP contribution < -0.4 is 4.90 Å². The number of anilines is 1. The van der Waals surface area contributed by atoms with Crippen molar-refractivity contribution >= 4 is 22.9 Å². The highest BCUT2D eigenvalue weighted by Crippen LogP contribution is 2.28. The second kappa shape index (κ2) is 7.40. The number of hydrogen-bond acceptors (Lipinski definition) is 7. The van der Waals surface area contributed by atoms with Crippen LogP contribution in [0.1, 0.15) is 5.56 Å². The Morgan fingerprint density at radius 1 is 1.07 bits per heavy atom. The van der Waals surface area contributed by atoms with Crippen molar-refractivity contribution in [2.24, 2.45) is 13.0 Å². The number of benzene rings is 1. The van der Waals surface area contributed by atoms with Gasteiger partial charge in [0.05, 0.1) is 5.92 Å². The van der Waals surface area contributed by atoms with E-state index in [-0.39, 0.29) is 11.8 Å². The molecule has 2 aliphatic rings. The molecule has 2 aliphatic heterocycles. The summed E-state index contributed by atoms with van der Waals surface area (Å²) in [4.78, 5) is 28.0. The average Bonchev–Trinajstić information content (AvgIpc) is 3.10. The molecule has 150 valence electrons. The molecule has 2 saturated heterocycles. The summed E-state index contributed by atoms with van der Waals surface area (Å²) in [6.45, 7) is 5.72. The van der Waals surface area contributed by atoms with E-state index in [2.05, 4.69) is 54.3 Å². The molecule has 2 fully saturated rings. The van der Waals surface area contributed by atoms with Gasteiger partial charge < -0.3 is 9.80 Å². The molecule has 29 heavy (non-hydrogen) atoms. The van der Waals surface area contributed by atoms with Crippen molar-refractivity contribution in [1.29, 1.82) is 0 Å². The van der Waals surface area contributed by atoms with Crippen LogP contribution in [0.15, 0.2) is 36.7 Å². The zero-order valence-corrected chi connectivity index (χ0v) is 16.5. The number of piperazine rings is 1. The summed E-state index contributed by atoms with van der Waals surface area (Å²) in [5, 5.41) is 8.19. The number of carbonyl (C=O) groups is 1. The van der Waals surface area contributed by atoms with Crippen molar-refractivity contribution in [2.45, 2.75) is 6.54 Å². The number of amides is 1. The lowest BCUT2D eigenvalue weighted by atomic mass is 9.98. The largest absolute Gasteiger partial charge is 0.353 e. The van der Waals surface area contributed by atoms with Crippen molar-refractivity contribution < 1.29 is 4.79 Å². The highest BCUT2D eigenvalue weighted by molar-refractivity contribution is 5.86. The van der Waals surface area contributed by atoms with E-state index in [1.807, 2.05) is 18.0 Å². The van der Waals surface area contributed by atoms with Crippen molar-refractivity contribution in [1.82, 2.24) is 34.8 Å². The standard InChI is InChI=1S/C20H24N8O/c1-25-18-17(23-24-25)19(22-14-21-18)28-12-16(13-28)20(29)27-9-7-26(8-10-27)11-15-5-3-2-4-6-15/h2-6,14,16H,7-13H2,1H3. The third kappa shape index (κ3) is 3.42. The number of hydrogen-bond donors (Lipinski definition) is 0. The third-order valence-electron chi connectivity index (χ3n) is 5.83. The van der Waals surface area contributed by atoms with Crippen LogP contribution in [0, 0.1) is 5.92 Å². The van der Waals surface area contributed by atoms with Gasteiger partial charge in [0.2, 0.25) is 5.91 Å². The molecule has 0 spiro atoms. The summed E-state index contributed by atoms with van der Waals surface area (Å²) >= 11 is 0. The Kier molecular flexibility index (Phi) is 4.59. The van der Waals surface area contributed by atoms with E-state index in [1.165, 1.54) is 11.9 Å². The van der Waals surface area contributed by atoms with Crippen molar-refractivity contribution in [3.8, 4) is 0 Å². The first-order valence-corrected chi connectivity index (χ1v) is 9.99. The summed E-state index contributed by atoms with van der Waals surface area (Å²) in [6.07, 6.45) is 1.53. The van der Waals surface area contributed by atoms with Gasteiger partial charge in [0.25, 0.3) is 0 Å². The van der Waals surface area contributed by atoms with E-state index in [9.17, 15) is 4.79 Å². The molecule has 1 amide bonds. The van der Waals surface area contributed by atoms with Crippen molar-refractivity contribution in [3.05, 3.63) is 42.2 Å². The summed E-state index contributed by atoms with van der Waals surface area (Å²) in [5.74, 6) is 1.04. The van der Waals surface area contributed by atoms with E-state index >= 15 is 0 Å². The number of fused-ring (bicyclic) bond motifs is 1. The molecule has 0 saturated carbocycles. The number of carbonyl (C=O) groups excluding carboxylic acids is 1. The summed E-state index contributed by atoms with van der Waals surface area (Å²) in [7, 11) is 1.81. The maximum absolute atomic E-state index is 12.9. The molecule has 5 rings (SSSR count). The fourth-order valence-electron chi connectivity index (χ4n) is 4.11. The normalized spacial score (nSPS) is 18.2. The number of aryl methyl sites for hydroxylation is 1. The summed E-state index contributed by atoms with van der Waals surface area (Å²) < 4.78 is 1.64. The molecule has 4 heterocycles. The van der Waals surface area contributed by atoms with Gasteiger partial charge in [-0.05, 0) is 5.56 Å². The fraction of sp³-hybridized carbons (Fsp3) is 0.450. The molecule has 3 aromatic rings. The Morgan fingerprint density at radius 3 is 2.59 bits per heavy atom. The van der Waals surface area contributed by atoms with E-state index in [4.69, 9.17) is 0 Å². The van der Waals surface area contributed by atoms with Gasteiger partial charge in [-0.1, -0.05) is 35.5 Å². The molecule has 2 aromatic heterocycles. The van der Waals surface area contributed by atoms with Crippen LogP contribution in [0.2, 0.25) is 0 Å². The van der Waals surface area contributed by atoms with Crippen molar-refractivity contribution in [3.63, 3.8) is 0 Å². The quantitative estimate of drug-likeness (QED) is 0.641. The van der Waals surface area contributed by atoms with Gasteiger partial charge in [0.15, 0.2) is 17.0 Å². The highest BCUT2D eigenvalue weighted by atomic mass is 16.2. The number of aromatic nitrogens is 5. The first-order valence-electron chi connectivity index (χ1n) is 9.99. The molecule has 0 N–H and O–H groups in total. The predicted molar refractivity (Wildman–Crippen MR) is 108 cm³/mol. The first kappa shape index (κ1) is 18.0. The molecular formula is C20H24N8O. The van der Waals surface area contributed by atoms with E-state index in [1.54, 1.807) is 4.68 Å². The van der Waals surface area contributed by atoms with Gasteiger partial charge in [-0.15, -0.1) is 5.10 Å². The first-order chi connectivity index (χ1) is 14.2. The smallest absolute Gasteiger partial charge is 0.229 e. The Morgan fingerprint density at radius 2 is 1.83 bits per heavy atom. The fourth-order valence-corrected chi connectivity index (χ4v) is 4.11. The third-order valence-corrected chi connectivity index (χ3v) is 5.83.